The van der Waals surface area contributed by atoms with Crippen molar-refractivity contribution in [3.05, 3.63) is 12.7 Å². The van der Waals surface area contributed by atoms with Crippen molar-refractivity contribution in [2.24, 2.45) is 0 Å². The van der Waals surface area contributed by atoms with Crippen LogP contribution < -0.4 is 0 Å². The van der Waals surface area contributed by atoms with E-state index in [0.717, 1.165) is 31.8 Å². The lowest BCUT2D eigenvalue weighted by Gasteiger charge is -2.32. The molecule has 1 rings (SSSR count). The zero-order valence-electron chi connectivity index (χ0n) is 9.78. The lowest BCUT2D eigenvalue weighted by molar-refractivity contribution is -0.358. The second-order valence-corrected chi connectivity index (χ2v) is 4.07. The molecule has 1 aliphatic carbocycles. The van der Waals surface area contributed by atoms with E-state index >= 15 is 0 Å². The van der Waals surface area contributed by atoms with Crippen molar-refractivity contribution in [1.82, 2.24) is 0 Å². The summed E-state index contributed by atoms with van der Waals surface area (Å²) in [5.41, 5.74) is 0. The van der Waals surface area contributed by atoms with Crippen LogP contribution in [0.1, 0.15) is 45.4 Å². The lowest BCUT2D eigenvalue weighted by Crippen LogP contribution is -2.41. The molecule has 16 heavy (non-hydrogen) atoms. The number of hydrogen-bond donors (Lipinski definition) is 1. The van der Waals surface area contributed by atoms with Crippen molar-refractivity contribution in [1.29, 1.82) is 0 Å². The molecule has 0 aromatic heterocycles. The monoisotopic (exact) mass is 228 g/mol. The Hall–Kier alpha value is -0.870. The fraction of sp³-hybridized carbons (Fsp3) is 0.750. The Balaban J connectivity index is 2.50. The zero-order chi connectivity index (χ0) is 12.0. The first kappa shape index (κ1) is 13.2. The molecule has 1 aliphatic rings. The molecule has 1 saturated carbocycles. The van der Waals surface area contributed by atoms with Crippen LogP contribution >= 0.6 is 0 Å². The van der Waals surface area contributed by atoms with Gasteiger partial charge in [-0.15, -0.1) is 0 Å². The molecule has 4 heteroatoms. The number of aliphatic hydroxyl groups is 1. The number of carbonyl (C=O) groups excluding carboxylic acids is 1. The van der Waals surface area contributed by atoms with E-state index < -0.39 is 11.9 Å². The molecule has 0 aromatic carbocycles. The van der Waals surface area contributed by atoms with Crippen molar-refractivity contribution in [3.63, 3.8) is 0 Å². The molecule has 1 N–H and O–H groups in total. The average molecular weight is 228 g/mol. The highest BCUT2D eigenvalue weighted by Gasteiger charge is 2.33. The molecule has 0 spiro atoms. The molecule has 4 nitrogen and oxygen atoms in total. The number of ether oxygens (including phenoxy) is 2. The van der Waals surface area contributed by atoms with E-state index in [9.17, 15) is 9.90 Å². The Kier molecular flexibility index (Phi) is 4.96. The SMILES string of the molecule is C=CC(=O)OC(O)(CC)OC1CCCCC1. The third kappa shape index (κ3) is 3.94. The highest BCUT2D eigenvalue weighted by Crippen LogP contribution is 2.26. The molecule has 0 amide bonds. The van der Waals surface area contributed by atoms with Gasteiger partial charge in [-0.2, -0.15) is 0 Å². The van der Waals surface area contributed by atoms with E-state index in [0.29, 0.717) is 0 Å². The summed E-state index contributed by atoms with van der Waals surface area (Å²) >= 11 is 0. The van der Waals surface area contributed by atoms with Gasteiger partial charge in [0.05, 0.1) is 6.10 Å². The minimum absolute atomic E-state index is 0.0173. The summed E-state index contributed by atoms with van der Waals surface area (Å²) in [6.45, 7) is 4.99. The molecular formula is C12H20O4. The number of carbonyl (C=O) groups is 1. The maximum absolute atomic E-state index is 11.0. The predicted molar refractivity (Wildman–Crippen MR) is 59.5 cm³/mol. The number of esters is 1. The van der Waals surface area contributed by atoms with Crippen LogP contribution in [0.15, 0.2) is 12.7 Å². The van der Waals surface area contributed by atoms with Gasteiger partial charge >= 0.3 is 11.9 Å². The Labute approximate surface area is 96.2 Å². The summed E-state index contributed by atoms with van der Waals surface area (Å²) in [6.07, 6.45) is 6.43. The smallest absolute Gasteiger partial charge is 0.334 e. The lowest BCUT2D eigenvalue weighted by atomic mass is 9.98. The maximum Gasteiger partial charge on any atom is 0.334 e. The van der Waals surface area contributed by atoms with Crippen molar-refractivity contribution in [2.45, 2.75) is 57.5 Å². The van der Waals surface area contributed by atoms with Crippen molar-refractivity contribution < 1.29 is 19.4 Å². The first-order valence-corrected chi connectivity index (χ1v) is 5.85. The topological polar surface area (TPSA) is 55.8 Å². The minimum Gasteiger partial charge on any atom is -0.405 e. The van der Waals surface area contributed by atoms with E-state index in [2.05, 4.69) is 6.58 Å². The minimum atomic E-state index is -1.80. The van der Waals surface area contributed by atoms with Gasteiger partial charge in [-0.05, 0) is 12.8 Å². The van der Waals surface area contributed by atoms with Crippen LogP contribution in [0.4, 0.5) is 0 Å². The average Bonchev–Trinajstić information content (AvgIpc) is 2.30. The van der Waals surface area contributed by atoms with Gasteiger partial charge in [0.1, 0.15) is 0 Å². The summed E-state index contributed by atoms with van der Waals surface area (Å²) in [4.78, 5) is 11.0. The molecule has 92 valence electrons. The van der Waals surface area contributed by atoms with E-state index in [1.807, 2.05) is 0 Å². The van der Waals surface area contributed by atoms with Gasteiger partial charge in [0, 0.05) is 12.5 Å². The first-order valence-electron chi connectivity index (χ1n) is 5.85. The fourth-order valence-electron chi connectivity index (χ4n) is 1.82. The summed E-state index contributed by atoms with van der Waals surface area (Å²) < 4.78 is 10.3. The molecule has 1 fully saturated rings. The Morgan fingerprint density at radius 2 is 2.12 bits per heavy atom. The third-order valence-electron chi connectivity index (χ3n) is 2.78. The maximum atomic E-state index is 11.0. The second-order valence-electron chi connectivity index (χ2n) is 4.07. The van der Waals surface area contributed by atoms with Gasteiger partial charge in [-0.3, -0.25) is 0 Å². The fourth-order valence-corrected chi connectivity index (χ4v) is 1.82. The molecule has 0 radical (unpaired) electrons. The molecule has 0 heterocycles. The second kappa shape index (κ2) is 6.01. The third-order valence-corrected chi connectivity index (χ3v) is 2.78. The van der Waals surface area contributed by atoms with Gasteiger partial charge in [-0.1, -0.05) is 32.8 Å². The molecular weight excluding hydrogens is 208 g/mol. The van der Waals surface area contributed by atoms with E-state index in [4.69, 9.17) is 9.47 Å². The number of hydrogen-bond acceptors (Lipinski definition) is 4. The van der Waals surface area contributed by atoms with Crippen molar-refractivity contribution in [3.8, 4) is 0 Å². The van der Waals surface area contributed by atoms with Crippen molar-refractivity contribution >= 4 is 5.97 Å². The van der Waals surface area contributed by atoms with Crippen LogP contribution in [0.5, 0.6) is 0 Å². The largest absolute Gasteiger partial charge is 0.405 e. The molecule has 0 aromatic rings. The Bertz CT molecular complexity index is 245. The highest BCUT2D eigenvalue weighted by atomic mass is 16.8. The highest BCUT2D eigenvalue weighted by molar-refractivity contribution is 5.81. The van der Waals surface area contributed by atoms with Gasteiger partial charge < -0.3 is 14.6 Å². The summed E-state index contributed by atoms with van der Waals surface area (Å²) in [6, 6.07) is 0. The Morgan fingerprint density at radius 3 is 2.62 bits per heavy atom. The first-order chi connectivity index (χ1) is 7.59. The van der Waals surface area contributed by atoms with E-state index in [1.165, 1.54) is 6.42 Å². The summed E-state index contributed by atoms with van der Waals surface area (Å²) in [5, 5.41) is 9.96. The molecule has 1 unspecified atom stereocenters. The predicted octanol–water partition coefficient (Wildman–Crippen LogP) is 2.12. The quantitative estimate of drug-likeness (QED) is 0.445. The number of rotatable bonds is 5. The zero-order valence-corrected chi connectivity index (χ0v) is 9.78. The normalized spacial score (nSPS) is 21.1. The summed E-state index contributed by atoms with van der Waals surface area (Å²) in [7, 11) is 0. The van der Waals surface area contributed by atoms with E-state index in [-0.39, 0.29) is 12.5 Å². The molecule has 0 saturated heterocycles. The molecule has 0 aliphatic heterocycles. The van der Waals surface area contributed by atoms with Crippen LogP contribution in [0, 0.1) is 0 Å². The van der Waals surface area contributed by atoms with Crippen LogP contribution in [0.25, 0.3) is 0 Å². The summed E-state index contributed by atoms with van der Waals surface area (Å²) in [5.74, 6) is -2.46. The molecule has 1 atom stereocenters. The van der Waals surface area contributed by atoms with Gasteiger partial charge in [-0.25, -0.2) is 4.79 Å². The van der Waals surface area contributed by atoms with Crippen molar-refractivity contribution in [2.75, 3.05) is 0 Å². The van der Waals surface area contributed by atoms with Gasteiger partial charge in [0.15, 0.2) is 0 Å². The van der Waals surface area contributed by atoms with Crippen LogP contribution in [0.3, 0.4) is 0 Å². The van der Waals surface area contributed by atoms with E-state index in [1.54, 1.807) is 6.92 Å². The van der Waals surface area contributed by atoms with Gasteiger partial charge in [0.2, 0.25) is 0 Å². The van der Waals surface area contributed by atoms with Crippen LogP contribution in [0.2, 0.25) is 0 Å². The Morgan fingerprint density at radius 1 is 1.50 bits per heavy atom. The van der Waals surface area contributed by atoms with Gasteiger partial charge in [0.25, 0.3) is 0 Å². The van der Waals surface area contributed by atoms with Crippen LogP contribution in [-0.4, -0.2) is 23.2 Å². The van der Waals surface area contributed by atoms with Crippen LogP contribution in [-0.2, 0) is 14.3 Å². The molecule has 0 bridgehead atoms. The standard InChI is InChI=1S/C12H20O4/c1-3-11(13)16-12(14,4-2)15-10-8-6-5-7-9-10/h3,10,14H,1,4-9H2,2H3.